The Balaban J connectivity index is 1.37. The van der Waals surface area contributed by atoms with Crippen molar-refractivity contribution in [2.75, 3.05) is 19.6 Å². The maximum Gasteiger partial charge on any atom is 0.294 e. The van der Waals surface area contributed by atoms with Crippen LogP contribution in [0.3, 0.4) is 0 Å². The zero-order valence-corrected chi connectivity index (χ0v) is 19.4. The van der Waals surface area contributed by atoms with Gasteiger partial charge in [0.15, 0.2) is 0 Å². The minimum absolute atomic E-state index is 0.187. The van der Waals surface area contributed by atoms with Gasteiger partial charge >= 0.3 is 0 Å². The molecule has 166 valence electrons. The minimum Gasteiger partial charge on any atom is -0.489 e. The van der Waals surface area contributed by atoms with Crippen LogP contribution in [0, 0.1) is 0 Å². The van der Waals surface area contributed by atoms with Crippen molar-refractivity contribution in [3.63, 3.8) is 0 Å². The van der Waals surface area contributed by atoms with Crippen molar-refractivity contribution in [2.45, 2.75) is 19.4 Å². The second-order valence-corrected chi connectivity index (χ2v) is 9.29. The Hall–Kier alpha value is -2.48. The molecule has 2 saturated heterocycles. The fourth-order valence-corrected chi connectivity index (χ4v) is 4.75. The van der Waals surface area contributed by atoms with E-state index in [0.29, 0.717) is 40.4 Å². The van der Waals surface area contributed by atoms with Crippen LogP contribution in [-0.2, 0) is 16.2 Å². The molecule has 2 aliphatic rings. The lowest BCUT2D eigenvalue weighted by atomic mass is 10.2. The fourth-order valence-electron chi connectivity index (χ4n) is 3.45. The second-order valence-electron chi connectivity index (χ2n) is 7.45. The average Bonchev–Trinajstić information content (AvgIpc) is 3.39. The molecular formula is C23H20Cl2N2O4S. The number of carbonyl (C=O) groups is 3. The zero-order chi connectivity index (χ0) is 22.7. The van der Waals surface area contributed by atoms with E-state index < -0.39 is 11.1 Å². The number of hydrogen-bond acceptors (Lipinski definition) is 5. The van der Waals surface area contributed by atoms with Crippen molar-refractivity contribution in [1.82, 2.24) is 9.80 Å². The van der Waals surface area contributed by atoms with Gasteiger partial charge in [-0.2, -0.15) is 0 Å². The zero-order valence-electron chi connectivity index (χ0n) is 17.1. The molecule has 2 fully saturated rings. The van der Waals surface area contributed by atoms with Crippen LogP contribution in [0.1, 0.15) is 24.0 Å². The number of carbonyl (C=O) groups excluding carboxylic acids is 3. The molecule has 0 aromatic heterocycles. The first-order valence-corrected chi connectivity index (χ1v) is 11.7. The molecule has 0 atom stereocenters. The third kappa shape index (κ3) is 5.28. The topological polar surface area (TPSA) is 66.9 Å². The SMILES string of the molecule is O=C(CN1C(=O)S/C(=C/c2ccc(OCc3ccc(Cl)cc3Cl)cc2)C1=O)N1CCCC1. The van der Waals surface area contributed by atoms with Crippen LogP contribution < -0.4 is 4.74 Å². The highest BCUT2D eigenvalue weighted by Crippen LogP contribution is 2.32. The number of nitrogens with zero attached hydrogens (tertiary/aromatic N) is 2. The van der Waals surface area contributed by atoms with Gasteiger partial charge in [0.2, 0.25) is 5.91 Å². The Morgan fingerprint density at radius 3 is 2.47 bits per heavy atom. The number of likely N-dealkylation sites (tertiary alicyclic amines) is 1. The lowest BCUT2D eigenvalue weighted by molar-refractivity contribution is -0.135. The van der Waals surface area contributed by atoms with E-state index in [1.54, 1.807) is 47.4 Å². The van der Waals surface area contributed by atoms with E-state index in [-0.39, 0.29) is 12.5 Å². The van der Waals surface area contributed by atoms with Crippen LogP contribution in [0.25, 0.3) is 6.08 Å². The number of ether oxygens (including phenoxy) is 1. The summed E-state index contributed by atoms with van der Waals surface area (Å²) in [5, 5.41) is 0.676. The highest BCUT2D eigenvalue weighted by Gasteiger charge is 2.37. The molecule has 0 unspecified atom stereocenters. The first-order chi connectivity index (χ1) is 15.4. The first-order valence-electron chi connectivity index (χ1n) is 10.1. The molecule has 0 radical (unpaired) electrons. The van der Waals surface area contributed by atoms with Crippen LogP contribution in [-0.4, -0.2) is 46.5 Å². The Labute approximate surface area is 200 Å². The van der Waals surface area contributed by atoms with Crippen LogP contribution in [0.4, 0.5) is 4.79 Å². The standard InChI is InChI=1S/C23H20Cl2N2O4S/c24-17-6-5-16(19(25)12-17)14-31-18-7-3-15(4-8-18)11-20-22(29)27(23(30)32-20)13-21(28)26-9-1-2-10-26/h3-8,11-12H,1-2,9-10,13-14H2/b20-11+. The number of imide groups is 1. The van der Waals surface area contributed by atoms with Gasteiger partial charge in [0.05, 0.1) is 4.91 Å². The maximum absolute atomic E-state index is 12.7. The van der Waals surface area contributed by atoms with Gasteiger partial charge in [-0.1, -0.05) is 41.4 Å². The quantitative estimate of drug-likeness (QED) is 0.518. The van der Waals surface area contributed by atoms with Crippen LogP contribution in [0.2, 0.25) is 10.0 Å². The van der Waals surface area contributed by atoms with E-state index in [4.69, 9.17) is 27.9 Å². The van der Waals surface area contributed by atoms with Crippen molar-refractivity contribution in [3.8, 4) is 5.75 Å². The number of hydrogen-bond donors (Lipinski definition) is 0. The largest absolute Gasteiger partial charge is 0.489 e. The molecule has 0 spiro atoms. The van der Waals surface area contributed by atoms with Crippen LogP contribution >= 0.6 is 35.0 Å². The second kappa shape index (κ2) is 9.98. The van der Waals surface area contributed by atoms with Crippen LogP contribution in [0.15, 0.2) is 47.4 Å². The van der Waals surface area contributed by atoms with Crippen molar-refractivity contribution in [3.05, 3.63) is 68.5 Å². The van der Waals surface area contributed by atoms with Gasteiger partial charge in [-0.25, -0.2) is 0 Å². The van der Waals surface area contributed by atoms with Gasteiger partial charge in [-0.3, -0.25) is 19.3 Å². The lowest BCUT2D eigenvalue weighted by Gasteiger charge is -2.18. The smallest absolute Gasteiger partial charge is 0.294 e. The van der Waals surface area contributed by atoms with Gasteiger partial charge in [0, 0.05) is 28.7 Å². The summed E-state index contributed by atoms with van der Waals surface area (Å²) in [6, 6.07) is 12.4. The van der Waals surface area contributed by atoms with Gasteiger partial charge in [-0.15, -0.1) is 0 Å². The summed E-state index contributed by atoms with van der Waals surface area (Å²) < 4.78 is 5.76. The van der Waals surface area contributed by atoms with Crippen molar-refractivity contribution in [2.24, 2.45) is 0 Å². The van der Waals surface area contributed by atoms with E-state index in [1.807, 2.05) is 6.07 Å². The van der Waals surface area contributed by atoms with Crippen molar-refractivity contribution in [1.29, 1.82) is 0 Å². The van der Waals surface area contributed by atoms with Gasteiger partial charge in [0.1, 0.15) is 18.9 Å². The van der Waals surface area contributed by atoms with Crippen LogP contribution in [0.5, 0.6) is 5.75 Å². The molecule has 3 amide bonds. The molecule has 0 saturated carbocycles. The summed E-state index contributed by atoms with van der Waals surface area (Å²) in [6.07, 6.45) is 3.56. The third-order valence-electron chi connectivity index (χ3n) is 5.21. The average molecular weight is 491 g/mol. The van der Waals surface area contributed by atoms with Crippen molar-refractivity contribution >= 4 is 58.1 Å². The summed E-state index contributed by atoms with van der Waals surface area (Å²) in [5.41, 5.74) is 1.57. The van der Waals surface area contributed by atoms with Gasteiger partial charge in [-0.05, 0) is 60.5 Å². The molecule has 2 aromatic rings. The number of halogens is 2. The highest BCUT2D eigenvalue weighted by molar-refractivity contribution is 8.18. The molecule has 0 N–H and O–H groups in total. The van der Waals surface area contributed by atoms with Gasteiger partial charge in [0.25, 0.3) is 11.1 Å². The predicted octanol–water partition coefficient (Wildman–Crippen LogP) is 5.23. The monoisotopic (exact) mass is 490 g/mol. The number of rotatable bonds is 6. The molecule has 2 aliphatic heterocycles. The normalized spacial score (nSPS) is 17.5. The Morgan fingerprint density at radius 1 is 1.06 bits per heavy atom. The fraction of sp³-hybridized carbons (Fsp3) is 0.261. The summed E-state index contributed by atoms with van der Waals surface area (Å²) in [6.45, 7) is 1.45. The van der Waals surface area contributed by atoms with E-state index in [9.17, 15) is 14.4 Å². The van der Waals surface area contributed by atoms with E-state index in [1.165, 1.54) is 0 Å². The molecular weight excluding hydrogens is 471 g/mol. The number of amides is 3. The predicted molar refractivity (Wildman–Crippen MR) is 126 cm³/mol. The first kappa shape index (κ1) is 22.7. The van der Waals surface area contributed by atoms with E-state index >= 15 is 0 Å². The van der Waals surface area contributed by atoms with Gasteiger partial charge < -0.3 is 9.64 Å². The third-order valence-corrected chi connectivity index (χ3v) is 6.71. The molecule has 2 heterocycles. The van der Waals surface area contributed by atoms with Crippen molar-refractivity contribution < 1.29 is 19.1 Å². The highest BCUT2D eigenvalue weighted by atomic mass is 35.5. The molecule has 9 heteroatoms. The summed E-state index contributed by atoms with van der Waals surface area (Å²) >= 11 is 12.9. The maximum atomic E-state index is 12.7. The molecule has 0 aliphatic carbocycles. The molecule has 4 rings (SSSR count). The lowest BCUT2D eigenvalue weighted by Crippen LogP contribution is -2.40. The Morgan fingerprint density at radius 2 is 1.78 bits per heavy atom. The number of benzene rings is 2. The Kier molecular flexibility index (Phi) is 7.08. The summed E-state index contributed by atoms with van der Waals surface area (Å²) in [7, 11) is 0. The molecule has 32 heavy (non-hydrogen) atoms. The Bertz CT molecular complexity index is 1080. The van der Waals surface area contributed by atoms with E-state index in [2.05, 4.69) is 0 Å². The summed E-state index contributed by atoms with van der Waals surface area (Å²) in [5.74, 6) is 0.0103. The number of thioether (sulfide) groups is 1. The molecule has 2 aromatic carbocycles. The summed E-state index contributed by atoms with van der Waals surface area (Å²) in [4.78, 5) is 40.3. The molecule has 0 bridgehead atoms. The minimum atomic E-state index is -0.440. The van der Waals surface area contributed by atoms with E-state index in [0.717, 1.165) is 40.6 Å². The molecule has 6 nitrogen and oxygen atoms in total.